The lowest BCUT2D eigenvalue weighted by molar-refractivity contribution is -0.133. The van der Waals surface area contributed by atoms with Crippen LogP contribution in [-0.4, -0.2) is 23.2 Å². The summed E-state index contributed by atoms with van der Waals surface area (Å²) in [5, 5.41) is 12.8. The molecule has 0 aromatic heterocycles. The molecule has 0 aliphatic heterocycles. The van der Waals surface area contributed by atoms with Crippen molar-refractivity contribution < 1.29 is 9.90 Å². The monoisotopic (exact) mass is 213 g/mol. The predicted octanol–water partition coefficient (Wildman–Crippen LogP) is 1.84. The third-order valence-electron chi connectivity index (χ3n) is 3.35. The zero-order valence-corrected chi connectivity index (χ0v) is 9.83. The predicted molar refractivity (Wildman–Crippen MR) is 60.5 cm³/mol. The Labute approximate surface area is 92.3 Å². The van der Waals surface area contributed by atoms with E-state index in [1.54, 1.807) is 0 Å². The fourth-order valence-electron chi connectivity index (χ4n) is 2.01. The number of aliphatic hydroxyl groups is 1. The van der Waals surface area contributed by atoms with Crippen molar-refractivity contribution >= 4 is 5.91 Å². The molecule has 1 saturated carbocycles. The van der Waals surface area contributed by atoms with Crippen molar-refractivity contribution in [2.75, 3.05) is 0 Å². The van der Waals surface area contributed by atoms with Crippen LogP contribution in [0.4, 0.5) is 0 Å². The van der Waals surface area contributed by atoms with Gasteiger partial charge in [0.05, 0.1) is 0 Å². The van der Waals surface area contributed by atoms with Gasteiger partial charge in [0.2, 0.25) is 5.91 Å². The number of nitrogens with one attached hydrogen (secondary N) is 1. The molecule has 2 unspecified atom stereocenters. The Morgan fingerprint density at radius 1 is 1.47 bits per heavy atom. The number of hydrogen-bond donors (Lipinski definition) is 2. The maximum Gasteiger partial charge on any atom is 0.249 e. The number of carbonyl (C=O) groups is 1. The molecule has 2 N–H and O–H groups in total. The lowest BCUT2D eigenvalue weighted by Crippen LogP contribution is -2.46. The quantitative estimate of drug-likeness (QED) is 0.707. The summed E-state index contributed by atoms with van der Waals surface area (Å²) >= 11 is 0. The van der Waals surface area contributed by atoms with Gasteiger partial charge in [-0.25, -0.2) is 0 Å². The molecule has 0 radical (unpaired) electrons. The Bertz CT molecular complexity index is 202. The smallest absolute Gasteiger partial charge is 0.249 e. The van der Waals surface area contributed by atoms with E-state index in [2.05, 4.69) is 12.2 Å². The second kappa shape index (κ2) is 6.11. The topological polar surface area (TPSA) is 49.3 Å². The summed E-state index contributed by atoms with van der Waals surface area (Å²) in [5.41, 5.74) is 0. The maximum atomic E-state index is 11.7. The molecule has 1 aliphatic carbocycles. The standard InChI is InChI=1S/C12H23NO2/c1-3-6-9(4-2)11(14)12(15)13-10-7-5-8-10/h9-11,14H,3-8H2,1-2H3,(H,13,15). The minimum atomic E-state index is -0.810. The van der Waals surface area contributed by atoms with Gasteiger partial charge in [-0.1, -0.05) is 26.7 Å². The van der Waals surface area contributed by atoms with E-state index in [0.717, 1.165) is 32.1 Å². The molecular weight excluding hydrogens is 190 g/mol. The van der Waals surface area contributed by atoms with Gasteiger partial charge >= 0.3 is 0 Å². The van der Waals surface area contributed by atoms with Crippen molar-refractivity contribution in [2.45, 2.75) is 64.5 Å². The average Bonchev–Trinajstić information content (AvgIpc) is 2.18. The minimum absolute atomic E-state index is 0.120. The van der Waals surface area contributed by atoms with Gasteiger partial charge in [0.1, 0.15) is 6.10 Å². The molecule has 1 rings (SSSR count). The van der Waals surface area contributed by atoms with Crippen molar-refractivity contribution in [3.8, 4) is 0 Å². The van der Waals surface area contributed by atoms with Gasteiger partial charge < -0.3 is 10.4 Å². The highest BCUT2D eigenvalue weighted by atomic mass is 16.3. The molecule has 3 nitrogen and oxygen atoms in total. The normalized spacial score (nSPS) is 20.5. The van der Waals surface area contributed by atoms with Crippen LogP contribution in [0.1, 0.15) is 52.4 Å². The van der Waals surface area contributed by atoms with Crippen LogP contribution in [0.25, 0.3) is 0 Å². The summed E-state index contributed by atoms with van der Waals surface area (Å²) in [4.78, 5) is 11.7. The summed E-state index contributed by atoms with van der Waals surface area (Å²) in [6.07, 6.45) is 5.35. The third-order valence-corrected chi connectivity index (χ3v) is 3.35. The molecule has 2 atom stereocenters. The van der Waals surface area contributed by atoms with Crippen molar-refractivity contribution in [2.24, 2.45) is 5.92 Å². The minimum Gasteiger partial charge on any atom is -0.383 e. The molecule has 0 aromatic carbocycles. The summed E-state index contributed by atoms with van der Waals surface area (Å²) < 4.78 is 0. The number of amides is 1. The first-order valence-electron chi connectivity index (χ1n) is 6.17. The molecule has 15 heavy (non-hydrogen) atoms. The SMILES string of the molecule is CCCC(CC)C(O)C(=O)NC1CCC1. The lowest BCUT2D eigenvalue weighted by atomic mass is 9.90. The first-order valence-corrected chi connectivity index (χ1v) is 6.17. The first-order chi connectivity index (χ1) is 7.19. The molecule has 1 aliphatic rings. The Morgan fingerprint density at radius 3 is 2.53 bits per heavy atom. The van der Waals surface area contributed by atoms with Crippen LogP contribution in [0.3, 0.4) is 0 Å². The summed E-state index contributed by atoms with van der Waals surface area (Å²) in [6.45, 7) is 4.11. The molecule has 0 aromatic rings. The Balaban J connectivity index is 2.34. The van der Waals surface area contributed by atoms with Crippen LogP contribution in [0.15, 0.2) is 0 Å². The Hall–Kier alpha value is -0.570. The van der Waals surface area contributed by atoms with E-state index in [-0.39, 0.29) is 11.8 Å². The summed E-state index contributed by atoms with van der Waals surface area (Å²) in [7, 11) is 0. The number of aliphatic hydroxyl groups excluding tert-OH is 1. The zero-order chi connectivity index (χ0) is 11.3. The molecule has 1 fully saturated rings. The highest BCUT2D eigenvalue weighted by Gasteiger charge is 2.27. The van der Waals surface area contributed by atoms with Gasteiger partial charge in [0.15, 0.2) is 0 Å². The average molecular weight is 213 g/mol. The second-order valence-corrected chi connectivity index (χ2v) is 4.54. The van der Waals surface area contributed by atoms with Gasteiger partial charge in [0.25, 0.3) is 0 Å². The summed E-state index contributed by atoms with van der Waals surface area (Å²) in [5.74, 6) is -0.0462. The lowest BCUT2D eigenvalue weighted by Gasteiger charge is -2.29. The van der Waals surface area contributed by atoms with Gasteiger partial charge in [-0.05, 0) is 31.6 Å². The molecule has 0 heterocycles. The van der Waals surface area contributed by atoms with Crippen LogP contribution < -0.4 is 5.32 Å². The van der Waals surface area contributed by atoms with E-state index in [0.29, 0.717) is 6.04 Å². The van der Waals surface area contributed by atoms with Crippen LogP contribution in [0.5, 0.6) is 0 Å². The van der Waals surface area contributed by atoms with Crippen molar-refractivity contribution in [1.29, 1.82) is 0 Å². The molecule has 3 heteroatoms. The molecule has 88 valence electrons. The van der Waals surface area contributed by atoms with Crippen molar-refractivity contribution in [3.63, 3.8) is 0 Å². The van der Waals surface area contributed by atoms with Gasteiger partial charge in [-0.3, -0.25) is 4.79 Å². The number of rotatable bonds is 6. The third kappa shape index (κ3) is 3.49. The first kappa shape index (κ1) is 12.5. The fourth-order valence-corrected chi connectivity index (χ4v) is 2.01. The highest BCUT2D eigenvalue weighted by molar-refractivity contribution is 5.81. The van der Waals surface area contributed by atoms with Crippen molar-refractivity contribution in [1.82, 2.24) is 5.32 Å². The molecule has 0 saturated heterocycles. The fraction of sp³-hybridized carbons (Fsp3) is 0.917. The number of hydrogen-bond acceptors (Lipinski definition) is 2. The van der Waals surface area contributed by atoms with Crippen LogP contribution in [0, 0.1) is 5.92 Å². The van der Waals surface area contributed by atoms with E-state index in [4.69, 9.17) is 0 Å². The van der Waals surface area contributed by atoms with E-state index < -0.39 is 6.10 Å². The van der Waals surface area contributed by atoms with Gasteiger partial charge in [-0.2, -0.15) is 0 Å². The van der Waals surface area contributed by atoms with E-state index in [1.165, 1.54) is 6.42 Å². The largest absolute Gasteiger partial charge is 0.383 e. The van der Waals surface area contributed by atoms with Gasteiger partial charge in [-0.15, -0.1) is 0 Å². The molecular formula is C12H23NO2. The maximum absolute atomic E-state index is 11.7. The van der Waals surface area contributed by atoms with E-state index in [9.17, 15) is 9.90 Å². The Morgan fingerprint density at radius 2 is 2.13 bits per heavy atom. The zero-order valence-electron chi connectivity index (χ0n) is 9.83. The molecule has 1 amide bonds. The summed E-state index contributed by atoms with van der Waals surface area (Å²) in [6, 6.07) is 0.325. The highest BCUT2D eigenvalue weighted by Crippen LogP contribution is 2.20. The van der Waals surface area contributed by atoms with Crippen LogP contribution >= 0.6 is 0 Å². The van der Waals surface area contributed by atoms with E-state index in [1.807, 2.05) is 6.92 Å². The van der Waals surface area contributed by atoms with E-state index >= 15 is 0 Å². The second-order valence-electron chi connectivity index (χ2n) is 4.54. The van der Waals surface area contributed by atoms with Crippen LogP contribution in [0.2, 0.25) is 0 Å². The Kier molecular flexibility index (Phi) is 5.09. The number of carbonyl (C=O) groups excluding carboxylic acids is 1. The molecule has 0 spiro atoms. The van der Waals surface area contributed by atoms with Crippen LogP contribution in [-0.2, 0) is 4.79 Å². The molecule has 0 bridgehead atoms. The van der Waals surface area contributed by atoms with Crippen molar-refractivity contribution in [3.05, 3.63) is 0 Å². The van der Waals surface area contributed by atoms with Gasteiger partial charge in [0, 0.05) is 6.04 Å².